The average Bonchev–Trinajstić information content (AvgIpc) is 2.18. The van der Waals surface area contributed by atoms with Crippen molar-refractivity contribution in [2.45, 2.75) is 10.9 Å². The number of hydrogen-bond donors (Lipinski definition) is 0. The number of methoxy groups -OCH3 is 1. The predicted molar refractivity (Wildman–Crippen MR) is 53.3 cm³/mol. The van der Waals surface area contributed by atoms with Crippen LogP contribution in [0, 0.1) is 0 Å². The zero-order valence-corrected chi connectivity index (χ0v) is 10.0. The summed E-state index contributed by atoms with van der Waals surface area (Å²) < 4.78 is 6.04. The molecule has 0 aliphatic rings. The summed E-state index contributed by atoms with van der Waals surface area (Å²) in [4.78, 5) is 11.1. The Balaban J connectivity index is 2.55. The van der Waals surface area contributed by atoms with Gasteiger partial charge in [-0.1, -0.05) is 0 Å². The summed E-state index contributed by atoms with van der Waals surface area (Å²) in [5.41, 5.74) is 0. The number of carbonyl (C=O) groups excluding carboxylic acids is 1. The third-order valence-corrected chi connectivity index (χ3v) is 4.70. The normalized spacial score (nSPS) is 12.2. The molecule has 2 nitrogen and oxygen atoms in total. The molecule has 1 aromatic carbocycles. The first kappa shape index (κ1) is 10.6. The molecule has 70 valence electrons. The van der Waals surface area contributed by atoms with Gasteiger partial charge in [0.25, 0.3) is 0 Å². The molecule has 0 aromatic heterocycles. The zero-order chi connectivity index (χ0) is 9.68. The van der Waals surface area contributed by atoms with Crippen LogP contribution < -0.4 is 3.61 Å². The summed E-state index contributed by atoms with van der Waals surface area (Å²) in [6, 6.07) is 10.1. The van der Waals surface area contributed by atoms with Crippen LogP contribution in [0.5, 0.6) is 0 Å². The van der Waals surface area contributed by atoms with Gasteiger partial charge in [0.15, 0.2) is 0 Å². The van der Waals surface area contributed by atoms with E-state index in [0.717, 1.165) is 0 Å². The molecule has 1 aromatic rings. The molecule has 0 radical (unpaired) electrons. The predicted octanol–water partition coefficient (Wildman–Crippen LogP) is 0.997. The Morgan fingerprint density at radius 1 is 1.38 bits per heavy atom. The Morgan fingerprint density at radius 3 is 2.54 bits per heavy atom. The van der Waals surface area contributed by atoms with E-state index in [0.29, 0.717) is 0 Å². The van der Waals surface area contributed by atoms with E-state index in [9.17, 15) is 4.79 Å². The van der Waals surface area contributed by atoms with E-state index >= 15 is 0 Å². The molecule has 0 N–H and O–H groups in total. The van der Waals surface area contributed by atoms with E-state index in [1.165, 1.54) is 10.7 Å². The Morgan fingerprint density at radius 2 is 2.00 bits per heavy atom. The van der Waals surface area contributed by atoms with Crippen molar-refractivity contribution in [3.8, 4) is 0 Å². The van der Waals surface area contributed by atoms with Gasteiger partial charge in [0.1, 0.15) is 0 Å². The van der Waals surface area contributed by atoms with Crippen LogP contribution in [-0.2, 0) is 9.53 Å². The van der Waals surface area contributed by atoms with Crippen LogP contribution in [-0.4, -0.2) is 34.0 Å². The third kappa shape index (κ3) is 3.38. The average molecular weight is 292 g/mol. The molecule has 0 amide bonds. The van der Waals surface area contributed by atoms with Crippen molar-refractivity contribution in [1.29, 1.82) is 0 Å². The van der Waals surface area contributed by atoms with Crippen molar-refractivity contribution in [2.75, 3.05) is 7.11 Å². The van der Waals surface area contributed by atoms with Crippen LogP contribution in [0.2, 0.25) is 3.97 Å². The zero-order valence-electron chi connectivity index (χ0n) is 7.69. The second-order valence-electron chi connectivity index (χ2n) is 2.60. The van der Waals surface area contributed by atoms with E-state index in [4.69, 9.17) is 0 Å². The molecule has 0 bridgehead atoms. The molecular weight excluding hydrogens is 280 g/mol. The van der Waals surface area contributed by atoms with Gasteiger partial charge in [0, 0.05) is 0 Å². The molecular formula is C10H12O2Te. The van der Waals surface area contributed by atoms with Crippen molar-refractivity contribution in [2.24, 2.45) is 0 Å². The maximum absolute atomic E-state index is 11.1. The topological polar surface area (TPSA) is 26.3 Å². The molecule has 0 saturated heterocycles. The summed E-state index contributed by atoms with van der Waals surface area (Å²) in [5, 5.41) is 0. The fourth-order valence-electron chi connectivity index (χ4n) is 0.917. The van der Waals surface area contributed by atoms with Gasteiger partial charge in [0.2, 0.25) is 0 Å². The van der Waals surface area contributed by atoms with Crippen LogP contribution in [0.1, 0.15) is 6.92 Å². The van der Waals surface area contributed by atoms with Crippen molar-refractivity contribution < 1.29 is 9.53 Å². The van der Waals surface area contributed by atoms with Crippen molar-refractivity contribution >= 4 is 30.5 Å². The monoisotopic (exact) mass is 294 g/mol. The minimum absolute atomic E-state index is 0.0674. The van der Waals surface area contributed by atoms with Crippen molar-refractivity contribution in [3.05, 3.63) is 30.3 Å². The van der Waals surface area contributed by atoms with Crippen LogP contribution in [0.3, 0.4) is 0 Å². The second-order valence-corrected chi connectivity index (χ2v) is 6.63. The summed E-state index contributed by atoms with van der Waals surface area (Å²) in [6.45, 7) is 1.93. The minimum atomic E-state index is -0.439. The van der Waals surface area contributed by atoms with Crippen LogP contribution >= 0.6 is 0 Å². The Bertz CT molecular complexity index is 272. The molecule has 1 rings (SSSR count). The Labute approximate surface area is 88.4 Å². The van der Waals surface area contributed by atoms with Crippen LogP contribution in [0.15, 0.2) is 30.3 Å². The third-order valence-electron chi connectivity index (χ3n) is 1.59. The summed E-state index contributed by atoms with van der Waals surface area (Å²) in [5.74, 6) is -0.0914. The van der Waals surface area contributed by atoms with Gasteiger partial charge < -0.3 is 0 Å². The SMILES string of the molecule is COC(=O)C(C)[Te]c1ccccc1. The number of hydrogen-bond acceptors (Lipinski definition) is 2. The molecule has 0 aliphatic heterocycles. The van der Waals surface area contributed by atoms with Gasteiger partial charge in [-0.05, 0) is 0 Å². The molecule has 0 saturated carbocycles. The number of benzene rings is 1. The molecule has 0 aliphatic carbocycles. The first-order chi connectivity index (χ1) is 6.24. The first-order valence-corrected chi connectivity index (χ1v) is 6.54. The second kappa shape index (κ2) is 5.26. The standard InChI is InChI=1S/C10H12O2Te/c1-8(10(11)12-2)13-9-6-4-3-5-7-9/h3-8H,1-2H3. The quantitative estimate of drug-likeness (QED) is 0.613. The van der Waals surface area contributed by atoms with Gasteiger partial charge in [-0.25, -0.2) is 0 Å². The van der Waals surface area contributed by atoms with Gasteiger partial charge in [0.05, 0.1) is 0 Å². The van der Waals surface area contributed by atoms with E-state index in [-0.39, 0.29) is 9.94 Å². The molecule has 1 atom stereocenters. The number of carbonyl (C=O) groups is 1. The fourth-order valence-corrected chi connectivity index (χ4v) is 3.53. The summed E-state index contributed by atoms with van der Waals surface area (Å²) >= 11 is -0.439. The van der Waals surface area contributed by atoms with Gasteiger partial charge in [-0.2, -0.15) is 0 Å². The molecule has 3 heteroatoms. The van der Waals surface area contributed by atoms with E-state index < -0.39 is 20.9 Å². The molecule has 1 unspecified atom stereocenters. The van der Waals surface area contributed by atoms with Gasteiger partial charge in [-0.15, -0.1) is 0 Å². The number of ether oxygens (including phenoxy) is 1. The van der Waals surface area contributed by atoms with E-state index in [1.807, 2.05) is 25.1 Å². The van der Waals surface area contributed by atoms with Gasteiger partial charge >= 0.3 is 88.4 Å². The van der Waals surface area contributed by atoms with Crippen LogP contribution in [0.4, 0.5) is 0 Å². The first-order valence-electron chi connectivity index (χ1n) is 4.03. The van der Waals surface area contributed by atoms with Crippen molar-refractivity contribution in [3.63, 3.8) is 0 Å². The molecule has 13 heavy (non-hydrogen) atoms. The molecule has 0 spiro atoms. The summed E-state index contributed by atoms with van der Waals surface area (Å²) in [7, 11) is 1.44. The number of rotatable bonds is 3. The Kier molecular flexibility index (Phi) is 4.27. The van der Waals surface area contributed by atoms with E-state index in [1.54, 1.807) is 0 Å². The number of esters is 1. The fraction of sp³-hybridized carbons (Fsp3) is 0.300. The molecule has 0 heterocycles. The van der Waals surface area contributed by atoms with E-state index in [2.05, 4.69) is 16.9 Å². The maximum atomic E-state index is 11.1. The van der Waals surface area contributed by atoms with Crippen molar-refractivity contribution in [1.82, 2.24) is 0 Å². The summed E-state index contributed by atoms with van der Waals surface area (Å²) in [6.07, 6.45) is 0. The molecule has 0 fully saturated rings. The Hall–Kier alpha value is -0.520. The van der Waals surface area contributed by atoms with Gasteiger partial charge in [-0.3, -0.25) is 0 Å². The van der Waals surface area contributed by atoms with Crippen LogP contribution in [0.25, 0.3) is 0 Å².